The van der Waals surface area contributed by atoms with Gasteiger partial charge in [0.25, 0.3) is 5.91 Å². The molecule has 5 nitrogen and oxygen atoms in total. The maximum Gasteiger partial charge on any atom is 0.261 e. The van der Waals surface area contributed by atoms with Crippen LogP contribution in [0.4, 0.5) is 4.39 Å². The fourth-order valence-electron chi connectivity index (χ4n) is 3.47. The van der Waals surface area contributed by atoms with Crippen molar-refractivity contribution < 1.29 is 18.7 Å². The highest BCUT2D eigenvalue weighted by atomic mass is 19.1. The lowest BCUT2D eigenvalue weighted by atomic mass is 10.0. The van der Waals surface area contributed by atoms with Gasteiger partial charge in [0.2, 0.25) is 5.91 Å². The molecule has 0 saturated heterocycles. The highest BCUT2D eigenvalue weighted by molar-refractivity contribution is 5.88. The Morgan fingerprint density at radius 3 is 2.09 bits per heavy atom. The summed E-state index contributed by atoms with van der Waals surface area (Å²) in [4.78, 5) is 28.1. The molecule has 0 aliphatic carbocycles. The number of benzene rings is 3. The summed E-state index contributed by atoms with van der Waals surface area (Å²) < 4.78 is 19.1. The van der Waals surface area contributed by atoms with E-state index in [1.54, 1.807) is 24.3 Å². The molecule has 0 fully saturated rings. The Morgan fingerprint density at radius 2 is 1.48 bits per heavy atom. The summed E-state index contributed by atoms with van der Waals surface area (Å²) in [5.74, 6) is -0.367. The quantitative estimate of drug-likeness (QED) is 0.501. The molecule has 1 atom stereocenters. The van der Waals surface area contributed by atoms with Crippen molar-refractivity contribution in [2.24, 2.45) is 0 Å². The van der Waals surface area contributed by atoms with Crippen LogP contribution in [0.25, 0.3) is 0 Å². The van der Waals surface area contributed by atoms with Gasteiger partial charge in [0.15, 0.2) is 6.61 Å². The van der Waals surface area contributed by atoms with Crippen LogP contribution in [0.2, 0.25) is 0 Å². The smallest absolute Gasteiger partial charge is 0.261 e. The minimum absolute atomic E-state index is 0.0842. The number of nitrogens with zero attached hydrogens (tertiary/aromatic N) is 1. The molecule has 3 aromatic carbocycles. The maximum absolute atomic E-state index is 13.4. The molecule has 0 aromatic heterocycles. The second kappa shape index (κ2) is 11.8. The second-order valence-corrected chi connectivity index (χ2v) is 8.12. The molecule has 0 heterocycles. The van der Waals surface area contributed by atoms with Crippen molar-refractivity contribution in [3.05, 3.63) is 102 Å². The first kappa shape index (κ1) is 24.0. The van der Waals surface area contributed by atoms with Gasteiger partial charge in [0.05, 0.1) is 0 Å². The van der Waals surface area contributed by atoms with Gasteiger partial charge < -0.3 is 15.0 Å². The zero-order chi connectivity index (χ0) is 23.6. The van der Waals surface area contributed by atoms with Crippen LogP contribution in [0.3, 0.4) is 0 Å². The number of carbonyl (C=O) groups is 2. The standard InChI is InChI=1S/C27H29FN2O3/c1-20(2)29-27(32)25(17-21-9-5-3-6-10-21)30(18-22-13-15-23(28)16-14-22)26(31)19-33-24-11-7-4-8-12-24/h3-16,20,25H,17-19H2,1-2H3,(H,29,32)/t25-/m1/s1. The third-order valence-electron chi connectivity index (χ3n) is 5.07. The van der Waals surface area contributed by atoms with Crippen LogP contribution in [0, 0.1) is 5.82 Å². The SMILES string of the molecule is CC(C)NC(=O)[C@@H](Cc1ccccc1)N(Cc1ccc(F)cc1)C(=O)COc1ccccc1. The molecule has 1 N–H and O–H groups in total. The molecular weight excluding hydrogens is 419 g/mol. The molecule has 3 rings (SSSR count). The third kappa shape index (κ3) is 7.45. The average Bonchev–Trinajstić information content (AvgIpc) is 2.82. The van der Waals surface area contributed by atoms with Gasteiger partial charge in [0, 0.05) is 19.0 Å². The zero-order valence-electron chi connectivity index (χ0n) is 18.9. The van der Waals surface area contributed by atoms with Crippen LogP contribution in [0.5, 0.6) is 5.75 Å². The van der Waals surface area contributed by atoms with Crippen molar-refractivity contribution in [3.8, 4) is 5.75 Å². The first-order valence-electron chi connectivity index (χ1n) is 11.0. The topological polar surface area (TPSA) is 58.6 Å². The number of rotatable bonds is 10. The second-order valence-electron chi connectivity index (χ2n) is 8.12. The van der Waals surface area contributed by atoms with Crippen molar-refractivity contribution in [2.45, 2.75) is 38.9 Å². The number of amides is 2. The normalized spacial score (nSPS) is 11.6. The Hall–Kier alpha value is -3.67. The van der Waals surface area contributed by atoms with Crippen LogP contribution < -0.4 is 10.1 Å². The van der Waals surface area contributed by atoms with E-state index in [-0.39, 0.29) is 36.8 Å². The summed E-state index contributed by atoms with van der Waals surface area (Å²) in [6.45, 7) is 3.69. The molecule has 0 aliphatic heterocycles. The van der Waals surface area contributed by atoms with Crippen LogP contribution in [0.1, 0.15) is 25.0 Å². The van der Waals surface area contributed by atoms with Crippen LogP contribution in [-0.2, 0) is 22.6 Å². The summed E-state index contributed by atoms with van der Waals surface area (Å²) in [6, 6.07) is 23.7. The number of hydrogen-bond donors (Lipinski definition) is 1. The minimum Gasteiger partial charge on any atom is -0.484 e. The predicted molar refractivity (Wildman–Crippen MR) is 126 cm³/mol. The monoisotopic (exact) mass is 448 g/mol. The van der Waals surface area contributed by atoms with Crippen molar-refractivity contribution in [2.75, 3.05) is 6.61 Å². The molecule has 33 heavy (non-hydrogen) atoms. The number of hydrogen-bond acceptors (Lipinski definition) is 3. The Kier molecular flexibility index (Phi) is 8.58. The van der Waals surface area contributed by atoms with Crippen LogP contribution >= 0.6 is 0 Å². The average molecular weight is 449 g/mol. The number of ether oxygens (including phenoxy) is 1. The Balaban J connectivity index is 1.89. The Bertz CT molecular complexity index is 1020. The lowest BCUT2D eigenvalue weighted by molar-refractivity contribution is -0.143. The van der Waals surface area contributed by atoms with E-state index >= 15 is 0 Å². The molecule has 0 bridgehead atoms. The van der Waals surface area contributed by atoms with E-state index in [4.69, 9.17) is 4.74 Å². The van der Waals surface area contributed by atoms with Gasteiger partial charge in [-0.05, 0) is 49.2 Å². The van der Waals surface area contributed by atoms with Gasteiger partial charge in [-0.2, -0.15) is 0 Å². The van der Waals surface area contributed by atoms with Crippen molar-refractivity contribution in [1.82, 2.24) is 10.2 Å². The molecular formula is C27H29FN2O3. The highest BCUT2D eigenvalue weighted by Gasteiger charge is 2.31. The number of para-hydroxylation sites is 1. The summed E-state index contributed by atoms with van der Waals surface area (Å²) in [7, 11) is 0. The molecule has 0 saturated carbocycles. The maximum atomic E-state index is 13.4. The molecule has 3 aromatic rings. The molecule has 0 radical (unpaired) electrons. The Morgan fingerprint density at radius 1 is 0.879 bits per heavy atom. The van der Waals surface area contributed by atoms with Gasteiger partial charge in [-0.25, -0.2) is 4.39 Å². The fraction of sp³-hybridized carbons (Fsp3) is 0.259. The summed E-state index contributed by atoms with van der Waals surface area (Å²) >= 11 is 0. The van der Waals surface area contributed by atoms with E-state index in [1.807, 2.05) is 62.4 Å². The van der Waals surface area contributed by atoms with Gasteiger partial charge in [-0.1, -0.05) is 60.7 Å². The van der Waals surface area contributed by atoms with Gasteiger partial charge in [0.1, 0.15) is 17.6 Å². The van der Waals surface area contributed by atoms with E-state index < -0.39 is 6.04 Å². The molecule has 6 heteroatoms. The van der Waals surface area contributed by atoms with Gasteiger partial charge in [-0.3, -0.25) is 9.59 Å². The van der Waals surface area contributed by atoms with E-state index in [9.17, 15) is 14.0 Å². The summed E-state index contributed by atoms with van der Waals surface area (Å²) in [6.07, 6.45) is 0.345. The first-order valence-corrected chi connectivity index (χ1v) is 11.0. The predicted octanol–water partition coefficient (Wildman–Crippen LogP) is 4.37. The lowest BCUT2D eigenvalue weighted by Crippen LogP contribution is -2.52. The summed E-state index contributed by atoms with van der Waals surface area (Å²) in [5, 5.41) is 2.93. The first-order chi connectivity index (χ1) is 15.9. The van der Waals surface area contributed by atoms with E-state index in [2.05, 4.69) is 5.32 Å². The Labute approximate surface area is 194 Å². The minimum atomic E-state index is -0.758. The number of nitrogens with one attached hydrogen (secondary N) is 1. The van der Waals surface area contributed by atoms with E-state index in [0.717, 1.165) is 11.1 Å². The van der Waals surface area contributed by atoms with Gasteiger partial charge in [-0.15, -0.1) is 0 Å². The number of halogens is 1. The molecule has 0 unspecified atom stereocenters. The highest BCUT2D eigenvalue weighted by Crippen LogP contribution is 2.17. The molecule has 2 amide bonds. The number of carbonyl (C=O) groups excluding carboxylic acids is 2. The third-order valence-corrected chi connectivity index (χ3v) is 5.07. The zero-order valence-corrected chi connectivity index (χ0v) is 18.9. The van der Waals surface area contributed by atoms with Crippen LogP contribution in [-0.4, -0.2) is 35.4 Å². The van der Waals surface area contributed by atoms with Crippen LogP contribution in [0.15, 0.2) is 84.9 Å². The largest absolute Gasteiger partial charge is 0.484 e. The van der Waals surface area contributed by atoms with Gasteiger partial charge >= 0.3 is 0 Å². The summed E-state index contributed by atoms with van der Waals surface area (Å²) in [5.41, 5.74) is 1.65. The molecule has 172 valence electrons. The van der Waals surface area contributed by atoms with E-state index in [1.165, 1.54) is 17.0 Å². The fourth-order valence-corrected chi connectivity index (χ4v) is 3.47. The van der Waals surface area contributed by atoms with Crippen molar-refractivity contribution >= 4 is 11.8 Å². The lowest BCUT2D eigenvalue weighted by Gasteiger charge is -2.32. The van der Waals surface area contributed by atoms with Crippen molar-refractivity contribution in [3.63, 3.8) is 0 Å². The van der Waals surface area contributed by atoms with Crippen molar-refractivity contribution in [1.29, 1.82) is 0 Å². The van der Waals surface area contributed by atoms with E-state index in [0.29, 0.717) is 12.2 Å². The molecule has 0 aliphatic rings. The molecule has 0 spiro atoms.